The van der Waals surface area contributed by atoms with Crippen molar-refractivity contribution in [2.75, 3.05) is 47.5 Å². The van der Waals surface area contributed by atoms with Crippen LogP contribution in [0.15, 0.2) is 0 Å². The van der Waals surface area contributed by atoms with Crippen LogP contribution in [-0.2, 0) is 32.7 Å². The molecule has 0 rings (SSSR count). The number of hydrogen-bond acceptors (Lipinski definition) is 7. The molecule has 0 aromatic heterocycles. The summed E-state index contributed by atoms with van der Waals surface area (Å²) in [6.45, 7) is 4.52. The van der Waals surface area contributed by atoms with E-state index in [1.165, 1.54) is 270 Å². The van der Waals surface area contributed by atoms with E-state index in [-0.39, 0.29) is 25.6 Å². The third kappa shape index (κ3) is 58.3. The summed E-state index contributed by atoms with van der Waals surface area (Å²) in [5, 5.41) is 0. The van der Waals surface area contributed by atoms with Crippen LogP contribution in [0.5, 0.6) is 0 Å². The first-order valence-electron chi connectivity index (χ1n) is 31.8. The summed E-state index contributed by atoms with van der Waals surface area (Å²) in [5.41, 5.74) is 0. The number of unbranched alkanes of at least 4 members (excludes halogenated alkanes) is 46. The Morgan fingerprint density at radius 1 is 0.375 bits per heavy atom. The molecule has 0 aliphatic heterocycles. The van der Waals surface area contributed by atoms with Crippen LogP contribution in [0.3, 0.4) is 0 Å². The van der Waals surface area contributed by atoms with Gasteiger partial charge in [-0.3, -0.25) is 18.6 Å². The second-order valence-corrected chi connectivity index (χ2v) is 24.6. The molecule has 0 aliphatic rings. The topological polar surface area (TPSA) is 108 Å². The summed E-state index contributed by atoms with van der Waals surface area (Å²) in [4.78, 5) is 35.8. The maximum atomic E-state index is 12.8. The average Bonchev–Trinajstić information content (AvgIpc) is 3.34. The fourth-order valence-electron chi connectivity index (χ4n) is 9.73. The highest BCUT2D eigenvalue weighted by Crippen LogP contribution is 2.43. The van der Waals surface area contributed by atoms with E-state index in [0.29, 0.717) is 17.4 Å². The monoisotopic (exact) mass is 1040 g/mol. The molecule has 2 atom stereocenters. The van der Waals surface area contributed by atoms with Gasteiger partial charge in [-0.1, -0.05) is 309 Å². The first-order valence-corrected chi connectivity index (χ1v) is 33.3. The number of esters is 2. The van der Waals surface area contributed by atoms with Gasteiger partial charge in [0.15, 0.2) is 6.10 Å². The highest BCUT2D eigenvalue weighted by Gasteiger charge is 2.27. The van der Waals surface area contributed by atoms with Crippen molar-refractivity contribution in [1.82, 2.24) is 0 Å². The molecule has 1 N–H and O–H groups in total. The van der Waals surface area contributed by atoms with Crippen molar-refractivity contribution < 1.29 is 42.1 Å². The number of rotatable bonds is 60. The van der Waals surface area contributed by atoms with Crippen LogP contribution >= 0.6 is 7.82 Å². The molecule has 0 saturated heterocycles. The van der Waals surface area contributed by atoms with Crippen LogP contribution in [0.4, 0.5) is 0 Å². The van der Waals surface area contributed by atoms with E-state index < -0.39 is 26.5 Å². The van der Waals surface area contributed by atoms with Crippen LogP contribution < -0.4 is 0 Å². The molecule has 0 aliphatic carbocycles. The number of nitrogens with zero attached hydrogens (tertiary/aromatic N) is 1. The van der Waals surface area contributed by atoms with Crippen LogP contribution in [0, 0.1) is 0 Å². The van der Waals surface area contributed by atoms with Crippen molar-refractivity contribution >= 4 is 19.8 Å². The highest BCUT2D eigenvalue weighted by molar-refractivity contribution is 7.47. The molecule has 10 heteroatoms. The van der Waals surface area contributed by atoms with Gasteiger partial charge < -0.3 is 18.9 Å². The quantitative estimate of drug-likeness (QED) is 0.0278. The van der Waals surface area contributed by atoms with Crippen molar-refractivity contribution in [1.29, 1.82) is 0 Å². The molecule has 9 nitrogen and oxygen atoms in total. The summed E-state index contributed by atoms with van der Waals surface area (Å²) in [6.07, 6.45) is 63.3. The molecule has 0 spiro atoms. The van der Waals surface area contributed by atoms with Gasteiger partial charge in [-0.15, -0.1) is 0 Å². The lowest BCUT2D eigenvalue weighted by Crippen LogP contribution is -2.37. The Hall–Kier alpha value is -0.990. The maximum Gasteiger partial charge on any atom is 0.472 e. The van der Waals surface area contributed by atoms with Crippen LogP contribution in [-0.4, -0.2) is 74.9 Å². The summed E-state index contributed by atoms with van der Waals surface area (Å²) in [6, 6.07) is 0. The molecule has 72 heavy (non-hydrogen) atoms. The number of likely N-dealkylation sites (N-methyl/N-ethyl adjacent to an activating group) is 1. The predicted octanol–water partition coefficient (Wildman–Crippen LogP) is 19.8. The predicted molar refractivity (Wildman–Crippen MR) is 308 cm³/mol. The lowest BCUT2D eigenvalue weighted by atomic mass is 10.0. The van der Waals surface area contributed by atoms with E-state index in [2.05, 4.69) is 13.8 Å². The summed E-state index contributed by atoms with van der Waals surface area (Å²) >= 11 is 0. The molecule has 0 fully saturated rings. The van der Waals surface area contributed by atoms with Gasteiger partial charge in [0.1, 0.15) is 19.8 Å². The lowest BCUT2D eigenvalue weighted by molar-refractivity contribution is -0.870. The fourth-order valence-corrected chi connectivity index (χ4v) is 10.5. The van der Waals surface area contributed by atoms with E-state index in [0.717, 1.165) is 38.5 Å². The first kappa shape index (κ1) is 71.0. The zero-order valence-corrected chi connectivity index (χ0v) is 49.9. The minimum absolute atomic E-state index is 0.0376. The Bertz CT molecular complexity index is 1180. The third-order valence-corrected chi connectivity index (χ3v) is 15.6. The Morgan fingerprint density at radius 3 is 0.889 bits per heavy atom. The molecule has 0 heterocycles. The lowest BCUT2D eigenvalue weighted by Gasteiger charge is -2.24. The first-order chi connectivity index (χ1) is 35.0. The Labute approximate surface area is 448 Å². The molecule has 0 aromatic carbocycles. The van der Waals surface area contributed by atoms with E-state index in [1.54, 1.807) is 0 Å². The van der Waals surface area contributed by atoms with Gasteiger partial charge in [-0.2, -0.15) is 0 Å². The van der Waals surface area contributed by atoms with Gasteiger partial charge in [0.2, 0.25) is 0 Å². The number of phosphoric acid groups is 1. The molecule has 0 aromatic rings. The van der Waals surface area contributed by atoms with Gasteiger partial charge in [0, 0.05) is 12.8 Å². The smallest absolute Gasteiger partial charge is 0.462 e. The molecule has 0 bridgehead atoms. The van der Waals surface area contributed by atoms with Gasteiger partial charge in [-0.05, 0) is 12.8 Å². The summed E-state index contributed by atoms with van der Waals surface area (Å²) in [5.74, 6) is -0.770. The van der Waals surface area contributed by atoms with Crippen molar-refractivity contribution in [3.63, 3.8) is 0 Å². The minimum Gasteiger partial charge on any atom is -0.462 e. The van der Waals surface area contributed by atoms with Gasteiger partial charge in [0.25, 0.3) is 0 Å². The fraction of sp³-hybridized carbons (Fsp3) is 0.968. The van der Waals surface area contributed by atoms with Gasteiger partial charge in [0.05, 0.1) is 27.7 Å². The normalized spacial score (nSPS) is 13.1. The molecule has 0 saturated carbocycles. The number of ether oxygens (including phenoxy) is 2. The second kappa shape index (κ2) is 54.8. The largest absolute Gasteiger partial charge is 0.472 e. The number of carbonyl (C=O) groups is 2. The SMILES string of the molecule is CCCCCCCCCCCCCCCCCCCCCCCCCCC(=O)OCC(COP(=O)(O)OCC[N+](C)(C)C)OC(=O)CCCCCCCCCCCCCCCCCCCCCCCCCC. The average molecular weight is 1040 g/mol. The van der Waals surface area contributed by atoms with Crippen molar-refractivity contribution in [2.24, 2.45) is 0 Å². The molecular formula is C62H125NO8P+. The minimum atomic E-state index is -4.38. The zero-order valence-electron chi connectivity index (χ0n) is 49.0. The van der Waals surface area contributed by atoms with E-state index in [1.807, 2.05) is 21.1 Å². The Balaban J connectivity index is 4.05. The molecule has 0 radical (unpaired) electrons. The molecular weight excluding hydrogens is 918 g/mol. The Morgan fingerprint density at radius 2 is 0.625 bits per heavy atom. The van der Waals surface area contributed by atoms with Crippen molar-refractivity contribution in [2.45, 2.75) is 341 Å². The van der Waals surface area contributed by atoms with E-state index in [4.69, 9.17) is 18.5 Å². The van der Waals surface area contributed by atoms with Crippen LogP contribution in [0.1, 0.15) is 335 Å². The number of phosphoric ester groups is 1. The number of carbonyl (C=O) groups excluding carboxylic acids is 2. The highest BCUT2D eigenvalue weighted by atomic mass is 31.2. The number of hydrogen-bond donors (Lipinski definition) is 1. The zero-order chi connectivity index (χ0) is 52.7. The Kier molecular flexibility index (Phi) is 54.0. The van der Waals surface area contributed by atoms with Crippen LogP contribution in [0.2, 0.25) is 0 Å². The third-order valence-electron chi connectivity index (χ3n) is 14.6. The molecule has 430 valence electrons. The summed E-state index contributed by atoms with van der Waals surface area (Å²) < 4.78 is 34.7. The van der Waals surface area contributed by atoms with Crippen LogP contribution in [0.25, 0.3) is 0 Å². The second-order valence-electron chi connectivity index (χ2n) is 23.2. The number of quaternary nitrogens is 1. The summed E-state index contributed by atoms with van der Waals surface area (Å²) in [7, 11) is 1.50. The molecule has 0 amide bonds. The van der Waals surface area contributed by atoms with E-state index in [9.17, 15) is 19.0 Å². The van der Waals surface area contributed by atoms with E-state index >= 15 is 0 Å². The van der Waals surface area contributed by atoms with Gasteiger partial charge >= 0.3 is 19.8 Å². The maximum absolute atomic E-state index is 12.8. The molecule has 2 unspecified atom stereocenters. The van der Waals surface area contributed by atoms with Crippen molar-refractivity contribution in [3.8, 4) is 0 Å². The van der Waals surface area contributed by atoms with Crippen molar-refractivity contribution in [3.05, 3.63) is 0 Å². The standard InChI is InChI=1S/C62H124NO8P/c1-6-8-10-12-14-16-18-20-22-24-26-28-30-32-34-36-38-40-42-44-46-48-50-52-54-61(64)68-58-60(59-70-72(66,67)69-57-56-63(3,4)5)71-62(65)55-53-51-49-47-45-43-41-39-37-35-33-31-29-27-25-23-21-19-17-15-13-11-9-7-2/h60H,6-59H2,1-5H3/p+1. The van der Waals surface area contributed by atoms with Gasteiger partial charge in [-0.25, -0.2) is 4.57 Å².